The zero-order chi connectivity index (χ0) is 22.4. The molecule has 0 radical (unpaired) electrons. The van der Waals surface area contributed by atoms with Crippen molar-refractivity contribution in [3.8, 4) is 0 Å². The maximum atomic E-state index is 12.1. The number of hydrogen-bond acceptors (Lipinski definition) is 8. The molecule has 0 saturated carbocycles. The van der Waals surface area contributed by atoms with Crippen molar-refractivity contribution in [3.63, 3.8) is 0 Å². The minimum Gasteiger partial charge on any atom is -0.462 e. The van der Waals surface area contributed by atoms with Gasteiger partial charge in [0.05, 0.1) is 23.6 Å². The fourth-order valence-electron chi connectivity index (χ4n) is 3.79. The number of aryl methyl sites for hydroxylation is 2. The molecule has 0 atom stereocenters. The van der Waals surface area contributed by atoms with Gasteiger partial charge in [0, 0.05) is 25.0 Å². The van der Waals surface area contributed by atoms with Gasteiger partial charge in [-0.3, -0.25) is 0 Å². The third kappa shape index (κ3) is 5.57. The highest BCUT2D eigenvalue weighted by molar-refractivity contribution is 5.90. The first-order valence-electron chi connectivity index (χ1n) is 11.0. The number of anilines is 2. The molecule has 31 heavy (non-hydrogen) atoms. The van der Waals surface area contributed by atoms with Crippen LogP contribution in [0, 0.1) is 5.92 Å². The van der Waals surface area contributed by atoms with E-state index in [1.54, 1.807) is 6.92 Å². The van der Waals surface area contributed by atoms with Crippen LogP contribution in [-0.2, 0) is 17.6 Å². The molecule has 2 heterocycles. The van der Waals surface area contributed by atoms with Crippen LogP contribution in [0.25, 0.3) is 0 Å². The van der Waals surface area contributed by atoms with Crippen LogP contribution in [0.3, 0.4) is 0 Å². The van der Waals surface area contributed by atoms with Gasteiger partial charge in [0.1, 0.15) is 5.69 Å². The molecule has 2 N–H and O–H groups in total. The fourth-order valence-corrected chi connectivity index (χ4v) is 3.79. The van der Waals surface area contributed by atoms with Crippen LogP contribution in [0.1, 0.15) is 62.2 Å². The Morgan fingerprint density at radius 3 is 2.81 bits per heavy atom. The van der Waals surface area contributed by atoms with Gasteiger partial charge in [-0.1, -0.05) is 27.2 Å². The van der Waals surface area contributed by atoms with Crippen LogP contribution < -0.4 is 10.6 Å². The Hall–Kier alpha value is -3.03. The summed E-state index contributed by atoms with van der Waals surface area (Å²) in [6.07, 6.45) is 5.04. The number of nitrogens with two attached hydrogens (primary N) is 1. The van der Waals surface area contributed by atoms with E-state index in [0.717, 1.165) is 32.4 Å². The Labute approximate surface area is 183 Å². The molecular formula is C23H32N6O2. The van der Waals surface area contributed by atoms with Gasteiger partial charge in [0.2, 0.25) is 0 Å². The van der Waals surface area contributed by atoms with E-state index in [4.69, 9.17) is 10.5 Å². The maximum absolute atomic E-state index is 12.1. The summed E-state index contributed by atoms with van der Waals surface area (Å²) in [6, 6.07) is 4.01. The van der Waals surface area contributed by atoms with E-state index in [-0.39, 0.29) is 5.95 Å². The van der Waals surface area contributed by atoms with E-state index in [2.05, 4.69) is 38.9 Å². The number of ether oxygens (including phenoxy) is 1. The van der Waals surface area contributed by atoms with Gasteiger partial charge >= 0.3 is 5.97 Å². The lowest BCUT2D eigenvalue weighted by Crippen LogP contribution is -2.32. The molecule has 0 fully saturated rings. The lowest BCUT2D eigenvalue weighted by Gasteiger charge is -2.33. The summed E-state index contributed by atoms with van der Waals surface area (Å²) in [7, 11) is 0. The molecule has 1 aliphatic heterocycles. The Balaban J connectivity index is 1.86. The number of carbonyl (C=O) groups is 1. The summed E-state index contributed by atoms with van der Waals surface area (Å²) in [5, 5.41) is 8.52. The van der Waals surface area contributed by atoms with Gasteiger partial charge < -0.3 is 15.4 Å². The van der Waals surface area contributed by atoms with Crippen molar-refractivity contribution in [1.29, 1.82) is 0 Å². The van der Waals surface area contributed by atoms with Gasteiger partial charge in [-0.25, -0.2) is 14.8 Å². The third-order valence-corrected chi connectivity index (χ3v) is 5.11. The van der Waals surface area contributed by atoms with Crippen LogP contribution in [0.5, 0.6) is 0 Å². The monoisotopic (exact) mass is 424 g/mol. The Morgan fingerprint density at radius 1 is 1.29 bits per heavy atom. The molecule has 3 rings (SSSR count). The van der Waals surface area contributed by atoms with Crippen LogP contribution in [-0.4, -0.2) is 35.6 Å². The van der Waals surface area contributed by atoms with Crippen molar-refractivity contribution in [2.75, 3.05) is 30.3 Å². The zero-order valence-corrected chi connectivity index (χ0v) is 18.9. The Kier molecular flexibility index (Phi) is 7.55. The summed E-state index contributed by atoms with van der Waals surface area (Å²) in [5.41, 5.74) is 10.9. The minimum atomic E-state index is -0.417. The molecule has 0 saturated heterocycles. The molecule has 0 unspecified atom stereocenters. The maximum Gasteiger partial charge on any atom is 0.341 e. The van der Waals surface area contributed by atoms with E-state index in [1.807, 2.05) is 19.1 Å². The lowest BCUT2D eigenvalue weighted by atomic mass is 9.99. The molecule has 0 bridgehead atoms. The van der Waals surface area contributed by atoms with Crippen LogP contribution in [0.15, 0.2) is 28.6 Å². The number of esters is 1. The molecule has 8 heteroatoms. The molecular weight excluding hydrogens is 392 g/mol. The van der Waals surface area contributed by atoms with Crippen LogP contribution in [0.2, 0.25) is 0 Å². The van der Waals surface area contributed by atoms with E-state index in [1.165, 1.54) is 17.4 Å². The topological polar surface area (TPSA) is 106 Å². The molecule has 0 spiro atoms. The van der Waals surface area contributed by atoms with Crippen LogP contribution >= 0.6 is 0 Å². The van der Waals surface area contributed by atoms with Crippen molar-refractivity contribution in [1.82, 2.24) is 9.97 Å². The first kappa shape index (κ1) is 22.7. The zero-order valence-electron chi connectivity index (χ0n) is 18.9. The first-order chi connectivity index (χ1) is 14.9. The summed E-state index contributed by atoms with van der Waals surface area (Å²) in [4.78, 5) is 23.1. The number of rotatable bonds is 8. The van der Waals surface area contributed by atoms with Crippen molar-refractivity contribution in [2.45, 2.75) is 53.4 Å². The number of aromatic nitrogens is 2. The number of azo groups is 1. The quantitative estimate of drug-likeness (QED) is 0.363. The van der Waals surface area contributed by atoms with Gasteiger partial charge in [-0.05, 0) is 49.8 Å². The Morgan fingerprint density at radius 2 is 2.10 bits per heavy atom. The van der Waals surface area contributed by atoms with Crippen molar-refractivity contribution in [2.24, 2.45) is 16.1 Å². The molecule has 2 aromatic rings. The molecule has 8 nitrogen and oxygen atoms in total. The minimum absolute atomic E-state index is 0.204. The van der Waals surface area contributed by atoms with E-state index < -0.39 is 5.97 Å². The molecule has 0 amide bonds. The Bertz CT molecular complexity index is 957. The van der Waals surface area contributed by atoms with Gasteiger partial charge in [-0.15, -0.1) is 10.2 Å². The van der Waals surface area contributed by atoms with E-state index in [0.29, 0.717) is 41.6 Å². The number of benzene rings is 1. The predicted molar refractivity (Wildman–Crippen MR) is 122 cm³/mol. The molecule has 0 aliphatic carbocycles. The normalized spacial score (nSPS) is 13.6. The van der Waals surface area contributed by atoms with Crippen LogP contribution in [0.4, 0.5) is 23.0 Å². The predicted octanol–water partition coefficient (Wildman–Crippen LogP) is 5.01. The largest absolute Gasteiger partial charge is 0.462 e. The third-order valence-electron chi connectivity index (χ3n) is 5.11. The van der Waals surface area contributed by atoms with Gasteiger partial charge in [0.15, 0.2) is 0 Å². The summed E-state index contributed by atoms with van der Waals surface area (Å²) < 4.78 is 5.09. The average molecular weight is 425 g/mol. The average Bonchev–Trinajstić information content (AvgIpc) is 2.73. The van der Waals surface area contributed by atoms with Crippen molar-refractivity contribution >= 4 is 29.0 Å². The summed E-state index contributed by atoms with van der Waals surface area (Å²) >= 11 is 0. The molecule has 166 valence electrons. The van der Waals surface area contributed by atoms with E-state index in [9.17, 15) is 4.79 Å². The second-order valence-electron chi connectivity index (χ2n) is 8.18. The summed E-state index contributed by atoms with van der Waals surface area (Å²) in [6.45, 7) is 10.6. The molecule has 1 aliphatic rings. The van der Waals surface area contributed by atoms with Gasteiger partial charge in [-0.2, -0.15) is 0 Å². The highest BCUT2D eigenvalue weighted by atomic mass is 16.5. The second kappa shape index (κ2) is 10.3. The number of carbonyl (C=O) groups excluding carboxylic acids is 1. The molecule has 1 aromatic heterocycles. The van der Waals surface area contributed by atoms with E-state index >= 15 is 0 Å². The van der Waals surface area contributed by atoms with Gasteiger partial charge in [0.25, 0.3) is 5.95 Å². The number of hydrogen-bond donors (Lipinski definition) is 1. The smallest absolute Gasteiger partial charge is 0.341 e. The standard InChI is InChI=1S/C23H32N6O2/c1-5-8-19-17(22(30)31-6-2)13-25-23(26-19)28-27-20-11-16-9-7-10-29(14-15(3)4)21(16)12-18(20)24/h11-13,15H,5-10,14,24H2,1-4H3. The van der Waals surface area contributed by atoms with Crippen molar-refractivity contribution in [3.05, 3.63) is 35.2 Å². The number of nitrogen functional groups attached to an aromatic ring is 1. The fraction of sp³-hybridized carbons (Fsp3) is 0.522. The lowest BCUT2D eigenvalue weighted by molar-refractivity contribution is 0.0524. The highest BCUT2D eigenvalue weighted by Crippen LogP contribution is 2.36. The SMILES string of the molecule is CCCc1nc(N=Nc2cc3c(cc2N)N(CC(C)C)CCC3)ncc1C(=O)OCC. The first-order valence-corrected chi connectivity index (χ1v) is 11.0. The number of nitrogens with zero attached hydrogens (tertiary/aromatic N) is 5. The summed E-state index contributed by atoms with van der Waals surface area (Å²) in [5.74, 6) is 0.368. The number of fused-ring (bicyclic) bond motifs is 1. The highest BCUT2D eigenvalue weighted by Gasteiger charge is 2.20. The molecule has 1 aromatic carbocycles. The second-order valence-corrected chi connectivity index (χ2v) is 8.18. The van der Waals surface area contributed by atoms with Crippen molar-refractivity contribution < 1.29 is 9.53 Å².